The molecule has 0 N–H and O–H groups in total. The van der Waals surface area contributed by atoms with E-state index in [9.17, 15) is 4.79 Å². The van der Waals surface area contributed by atoms with E-state index < -0.39 is 0 Å². The van der Waals surface area contributed by atoms with Crippen LogP contribution in [-0.2, 0) is 4.79 Å². The van der Waals surface area contributed by atoms with E-state index in [1.165, 1.54) is 4.88 Å². The SMILES string of the molecule is CCC(CC)C(=O)N1CCSC(c2cccs2)CC1. The van der Waals surface area contributed by atoms with Gasteiger partial charge < -0.3 is 4.90 Å². The molecule has 0 aromatic carbocycles. The fourth-order valence-corrected chi connectivity index (χ4v) is 4.83. The maximum atomic E-state index is 12.4. The van der Waals surface area contributed by atoms with Crippen molar-refractivity contribution >= 4 is 29.0 Å². The highest BCUT2D eigenvalue weighted by atomic mass is 32.2. The number of rotatable bonds is 4. The second kappa shape index (κ2) is 7.34. The molecular formula is C15H23NOS2. The first-order valence-electron chi connectivity index (χ1n) is 7.20. The fraction of sp³-hybridized carbons (Fsp3) is 0.667. The molecule has 4 heteroatoms. The van der Waals surface area contributed by atoms with Gasteiger partial charge in [0.1, 0.15) is 0 Å². The van der Waals surface area contributed by atoms with Crippen LogP contribution >= 0.6 is 23.1 Å². The van der Waals surface area contributed by atoms with Crippen LogP contribution < -0.4 is 0 Å². The van der Waals surface area contributed by atoms with E-state index in [-0.39, 0.29) is 5.92 Å². The van der Waals surface area contributed by atoms with Gasteiger partial charge in [-0.15, -0.1) is 11.3 Å². The summed E-state index contributed by atoms with van der Waals surface area (Å²) in [4.78, 5) is 16.0. The zero-order chi connectivity index (χ0) is 13.7. The molecule has 1 atom stereocenters. The minimum atomic E-state index is 0.225. The van der Waals surface area contributed by atoms with Crippen LogP contribution in [0.2, 0.25) is 0 Å². The summed E-state index contributed by atoms with van der Waals surface area (Å²) in [5.74, 6) is 1.66. The first-order valence-corrected chi connectivity index (χ1v) is 9.12. The molecule has 1 saturated heterocycles. The normalized spacial score (nSPS) is 20.6. The molecule has 1 amide bonds. The molecule has 0 aliphatic carbocycles. The summed E-state index contributed by atoms with van der Waals surface area (Å²) in [7, 11) is 0. The number of hydrogen-bond donors (Lipinski definition) is 0. The van der Waals surface area contributed by atoms with E-state index >= 15 is 0 Å². The molecule has 0 saturated carbocycles. The number of thioether (sulfide) groups is 1. The van der Waals surface area contributed by atoms with E-state index in [1.54, 1.807) is 0 Å². The molecule has 2 nitrogen and oxygen atoms in total. The van der Waals surface area contributed by atoms with Crippen LogP contribution in [0.25, 0.3) is 0 Å². The highest BCUT2D eigenvalue weighted by molar-refractivity contribution is 7.99. The molecular weight excluding hydrogens is 274 g/mol. The summed E-state index contributed by atoms with van der Waals surface area (Å²) < 4.78 is 0. The molecule has 2 rings (SSSR count). The van der Waals surface area contributed by atoms with Gasteiger partial charge >= 0.3 is 0 Å². The maximum Gasteiger partial charge on any atom is 0.225 e. The first kappa shape index (κ1) is 14.9. The van der Waals surface area contributed by atoms with Crippen molar-refractivity contribution in [1.29, 1.82) is 0 Å². The van der Waals surface area contributed by atoms with Crippen LogP contribution in [-0.4, -0.2) is 29.6 Å². The predicted octanol–water partition coefficient (Wildman–Crippen LogP) is 4.19. The van der Waals surface area contributed by atoms with Crippen LogP contribution in [0.5, 0.6) is 0 Å². The molecule has 1 unspecified atom stereocenters. The van der Waals surface area contributed by atoms with Crippen LogP contribution in [0.1, 0.15) is 43.2 Å². The van der Waals surface area contributed by atoms with Gasteiger partial charge in [-0.2, -0.15) is 11.8 Å². The number of nitrogens with zero attached hydrogens (tertiary/aromatic N) is 1. The Kier molecular flexibility index (Phi) is 5.76. The van der Waals surface area contributed by atoms with Gasteiger partial charge in [-0.05, 0) is 30.7 Å². The van der Waals surface area contributed by atoms with Crippen molar-refractivity contribution in [3.05, 3.63) is 22.4 Å². The second-order valence-corrected chi connectivity index (χ2v) is 7.29. The molecule has 1 aromatic heterocycles. The van der Waals surface area contributed by atoms with Crippen molar-refractivity contribution in [2.24, 2.45) is 5.92 Å². The number of carbonyl (C=O) groups is 1. The quantitative estimate of drug-likeness (QED) is 0.830. The lowest BCUT2D eigenvalue weighted by atomic mass is 10.0. The Bertz CT molecular complexity index is 387. The van der Waals surface area contributed by atoms with Crippen LogP contribution in [0.4, 0.5) is 0 Å². The highest BCUT2D eigenvalue weighted by Gasteiger charge is 2.25. The lowest BCUT2D eigenvalue weighted by Crippen LogP contribution is -2.37. The number of thiophene rings is 1. The highest BCUT2D eigenvalue weighted by Crippen LogP contribution is 2.37. The van der Waals surface area contributed by atoms with Crippen LogP contribution in [0.15, 0.2) is 17.5 Å². The standard InChI is InChI=1S/C15H23NOS2/c1-3-12(4-2)15(17)16-8-7-14(19-11-9-16)13-6-5-10-18-13/h5-6,10,12,14H,3-4,7-9,11H2,1-2H3. The zero-order valence-corrected chi connectivity index (χ0v) is 13.4. The molecule has 1 aromatic rings. The van der Waals surface area contributed by atoms with Crippen LogP contribution in [0, 0.1) is 5.92 Å². The molecule has 19 heavy (non-hydrogen) atoms. The molecule has 0 spiro atoms. The van der Waals surface area contributed by atoms with Gasteiger partial charge in [0, 0.05) is 34.9 Å². The third kappa shape index (κ3) is 3.76. The summed E-state index contributed by atoms with van der Waals surface area (Å²) in [6, 6.07) is 4.35. The first-order chi connectivity index (χ1) is 9.26. The van der Waals surface area contributed by atoms with Crippen molar-refractivity contribution < 1.29 is 4.79 Å². The number of hydrogen-bond acceptors (Lipinski definition) is 3. The van der Waals surface area contributed by atoms with E-state index in [0.717, 1.165) is 38.1 Å². The Morgan fingerprint density at radius 1 is 1.42 bits per heavy atom. The summed E-state index contributed by atoms with van der Waals surface area (Å²) in [6.07, 6.45) is 3.03. The van der Waals surface area contributed by atoms with Gasteiger partial charge in [0.15, 0.2) is 0 Å². The number of carbonyl (C=O) groups excluding carboxylic acids is 1. The number of amides is 1. The van der Waals surface area contributed by atoms with Crippen molar-refractivity contribution in [1.82, 2.24) is 4.90 Å². The topological polar surface area (TPSA) is 20.3 Å². The maximum absolute atomic E-state index is 12.4. The second-order valence-electron chi connectivity index (χ2n) is 5.00. The third-order valence-corrected chi connectivity index (χ3v) is 6.29. The molecule has 0 bridgehead atoms. The summed E-state index contributed by atoms with van der Waals surface area (Å²) in [6.45, 7) is 6.08. The van der Waals surface area contributed by atoms with Crippen LogP contribution in [0.3, 0.4) is 0 Å². The van der Waals surface area contributed by atoms with E-state index in [1.807, 2.05) is 23.1 Å². The third-order valence-electron chi connectivity index (χ3n) is 3.85. The largest absolute Gasteiger partial charge is 0.342 e. The Balaban J connectivity index is 1.95. The predicted molar refractivity (Wildman–Crippen MR) is 84.8 cm³/mol. The smallest absolute Gasteiger partial charge is 0.225 e. The van der Waals surface area contributed by atoms with Gasteiger partial charge in [0.2, 0.25) is 5.91 Å². The molecule has 1 fully saturated rings. The summed E-state index contributed by atoms with van der Waals surface area (Å²) >= 11 is 3.85. The minimum absolute atomic E-state index is 0.225. The van der Waals surface area contributed by atoms with Crippen molar-refractivity contribution in [3.8, 4) is 0 Å². The minimum Gasteiger partial charge on any atom is -0.342 e. The van der Waals surface area contributed by atoms with E-state index in [4.69, 9.17) is 0 Å². The van der Waals surface area contributed by atoms with Crippen molar-refractivity contribution in [3.63, 3.8) is 0 Å². The molecule has 1 aliphatic heterocycles. The Hall–Kier alpha value is -0.480. The van der Waals surface area contributed by atoms with Gasteiger partial charge in [-0.25, -0.2) is 0 Å². The molecule has 106 valence electrons. The monoisotopic (exact) mass is 297 g/mol. The average molecular weight is 297 g/mol. The van der Waals surface area contributed by atoms with E-state index in [0.29, 0.717) is 11.2 Å². The average Bonchev–Trinajstić information content (AvgIpc) is 2.84. The van der Waals surface area contributed by atoms with Gasteiger partial charge in [0.25, 0.3) is 0 Å². The molecule has 1 aliphatic rings. The summed E-state index contributed by atoms with van der Waals surface area (Å²) in [5.41, 5.74) is 0. The molecule has 0 radical (unpaired) electrons. The molecule has 2 heterocycles. The van der Waals surface area contributed by atoms with Gasteiger partial charge in [0.05, 0.1) is 0 Å². The summed E-state index contributed by atoms with van der Waals surface area (Å²) in [5, 5.41) is 2.73. The Morgan fingerprint density at radius 2 is 2.21 bits per heavy atom. The lowest BCUT2D eigenvalue weighted by Gasteiger charge is -2.24. The van der Waals surface area contributed by atoms with Crippen molar-refractivity contribution in [2.75, 3.05) is 18.8 Å². The van der Waals surface area contributed by atoms with Gasteiger partial charge in [-0.1, -0.05) is 19.9 Å². The zero-order valence-electron chi connectivity index (χ0n) is 11.8. The van der Waals surface area contributed by atoms with E-state index in [2.05, 4.69) is 36.3 Å². The Morgan fingerprint density at radius 3 is 2.84 bits per heavy atom. The van der Waals surface area contributed by atoms with Crippen molar-refractivity contribution in [2.45, 2.75) is 38.4 Å². The van der Waals surface area contributed by atoms with Gasteiger partial charge in [-0.3, -0.25) is 4.79 Å². The fourth-order valence-electron chi connectivity index (χ4n) is 2.59. The lowest BCUT2D eigenvalue weighted by molar-refractivity contribution is -0.135. The Labute approximate surface area is 124 Å².